The second-order valence-electron chi connectivity index (χ2n) is 8.93. The predicted octanol–water partition coefficient (Wildman–Crippen LogP) is 7.80. The second-order valence-corrected chi connectivity index (χ2v) is 10.0. The van der Waals surface area contributed by atoms with E-state index < -0.39 is 6.85 Å². The van der Waals surface area contributed by atoms with E-state index in [1.807, 2.05) is 48.0 Å². The molecule has 4 aromatic carbocycles. The molecule has 7 rings (SSSR count). The van der Waals surface area contributed by atoms with Crippen LogP contribution >= 0.6 is 11.8 Å². The summed E-state index contributed by atoms with van der Waals surface area (Å²) >= 11 is 1.59. The summed E-state index contributed by atoms with van der Waals surface area (Å²) in [6.45, 7) is -2.22. The summed E-state index contributed by atoms with van der Waals surface area (Å²) in [5.41, 5.74) is 5.28. The molecule has 3 aromatic heterocycles. The van der Waals surface area contributed by atoms with Gasteiger partial charge in [-0.1, -0.05) is 34.7 Å². The van der Waals surface area contributed by atoms with Gasteiger partial charge in [-0.25, -0.2) is 14.1 Å². The SMILES string of the molecule is [2H]C([2H])([2H])c1ccnc(-n2c3[c-]c(Sc4[c-]c(-n5[cH+]n(C)c6ccccc65)ccc4)ccc3c3ccccc32)c1.[Pt]. The third-order valence-electron chi connectivity index (χ3n) is 6.57. The Morgan fingerprint density at radius 2 is 1.61 bits per heavy atom. The molecule has 0 fully saturated rings. The standard InChI is InChI=1S/C32H23N4S.Pt/c1-22-16-17-33-32(18-22)36-28-11-4-3-10-26(28)27-15-14-25(20-31(27)36)37-24-9-7-8-23(19-24)35-21-34(2)29-12-5-6-13-30(29)35;/h3-18,21H,1-2H3;/q-1;/i1D3;. The number of fused-ring (bicyclic) bond motifs is 4. The molecule has 6 heteroatoms. The number of aromatic nitrogens is 4. The largest absolute Gasteiger partial charge is 0.319 e. The molecule has 0 unspecified atom stereocenters. The fourth-order valence-corrected chi connectivity index (χ4v) is 5.75. The molecule has 0 amide bonds. The van der Waals surface area contributed by atoms with Gasteiger partial charge in [-0.05, 0) is 48.1 Å². The Hall–Kier alpha value is -3.66. The van der Waals surface area contributed by atoms with Crippen LogP contribution in [-0.2, 0) is 28.1 Å². The molecule has 0 bridgehead atoms. The number of aryl methyl sites for hydroxylation is 2. The Morgan fingerprint density at radius 3 is 2.47 bits per heavy atom. The summed E-state index contributed by atoms with van der Waals surface area (Å²) in [7, 11) is 2.04. The van der Waals surface area contributed by atoms with Gasteiger partial charge >= 0.3 is 0 Å². The van der Waals surface area contributed by atoms with Gasteiger partial charge in [-0.3, -0.25) is 0 Å². The van der Waals surface area contributed by atoms with Gasteiger partial charge in [-0.15, -0.1) is 34.2 Å². The van der Waals surface area contributed by atoms with Crippen LogP contribution < -0.4 is 0 Å². The first-order valence-corrected chi connectivity index (χ1v) is 12.8. The number of imidazole rings is 1. The molecule has 0 atom stereocenters. The molecule has 0 aliphatic rings. The maximum absolute atomic E-state index is 7.88. The van der Waals surface area contributed by atoms with Crippen molar-refractivity contribution in [1.29, 1.82) is 0 Å². The van der Waals surface area contributed by atoms with Crippen LogP contribution in [0.4, 0.5) is 0 Å². The molecule has 38 heavy (non-hydrogen) atoms. The molecule has 188 valence electrons. The normalized spacial score (nSPS) is 12.8. The Labute approximate surface area is 244 Å². The first-order valence-electron chi connectivity index (χ1n) is 13.5. The number of para-hydroxylation sites is 3. The molecule has 0 aliphatic carbocycles. The van der Waals surface area contributed by atoms with E-state index in [1.54, 1.807) is 30.1 Å². The summed E-state index contributed by atoms with van der Waals surface area (Å²) in [6.07, 6.45) is 3.63. The third-order valence-corrected chi connectivity index (χ3v) is 7.49. The minimum absolute atomic E-state index is 0. The van der Waals surface area contributed by atoms with Crippen molar-refractivity contribution in [1.82, 2.24) is 18.7 Å². The maximum atomic E-state index is 7.88. The van der Waals surface area contributed by atoms with E-state index in [2.05, 4.69) is 75.0 Å². The van der Waals surface area contributed by atoms with E-state index in [4.69, 9.17) is 4.11 Å². The Morgan fingerprint density at radius 1 is 0.816 bits per heavy atom. The first-order chi connectivity index (χ1) is 19.4. The molecule has 0 spiro atoms. The van der Waals surface area contributed by atoms with E-state index in [0.717, 1.165) is 48.3 Å². The molecule has 7 aromatic rings. The maximum Gasteiger partial charge on any atom is 0.188 e. The smallest absolute Gasteiger partial charge is 0.188 e. The van der Waals surface area contributed by atoms with Crippen molar-refractivity contribution in [3.63, 3.8) is 0 Å². The van der Waals surface area contributed by atoms with Crippen LogP contribution in [0.3, 0.4) is 0 Å². The summed E-state index contributed by atoms with van der Waals surface area (Å²) < 4.78 is 29.9. The van der Waals surface area contributed by atoms with Crippen molar-refractivity contribution in [2.75, 3.05) is 0 Å². The number of hydrogen-bond acceptors (Lipinski definition) is 2. The van der Waals surface area contributed by atoms with Crippen LogP contribution in [0.15, 0.2) is 113 Å². The molecule has 0 aliphatic heterocycles. The first kappa shape index (κ1) is 21.3. The number of hydrogen-bond donors (Lipinski definition) is 0. The van der Waals surface area contributed by atoms with Crippen molar-refractivity contribution in [2.45, 2.75) is 16.6 Å². The predicted molar refractivity (Wildman–Crippen MR) is 152 cm³/mol. The topological polar surface area (TPSA) is 27.7 Å². The van der Waals surface area contributed by atoms with E-state index in [0.29, 0.717) is 5.82 Å². The fourth-order valence-electron chi connectivity index (χ4n) is 4.92. The van der Waals surface area contributed by atoms with Crippen molar-refractivity contribution in [3.8, 4) is 11.5 Å². The van der Waals surface area contributed by atoms with Gasteiger partial charge in [-0.2, -0.15) is 24.3 Å². The molecular formula is C32H23N4PtS-. The summed E-state index contributed by atoms with van der Waals surface area (Å²) in [5.74, 6) is 0.555. The molecule has 0 radical (unpaired) electrons. The van der Waals surface area contributed by atoms with Crippen molar-refractivity contribution in [3.05, 3.63) is 121 Å². The average molecular weight is 694 g/mol. The van der Waals surface area contributed by atoms with E-state index >= 15 is 0 Å². The summed E-state index contributed by atoms with van der Waals surface area (Å²) in [4.78, 5) is 6.46. The van der Waals surface area contributed by atoms with Gasteiger partial charge in [0.2, 0.25) is 0 Å². The van der Waals surface area contributed by atoms with E-state index in [9.17, 15) is 0 Å². The van der Waals surface area contributed by atoms with Gasteiger partial charge in [0.05, 0.1) is 0 Å². The van der Waals surface area contributed by atoms with Crippen molar-refractivity contribution >= 4 is 44.6 Å². The van der Waals surface area contributed by atoms with Crippen LogP contribution in [0, 0.1) is 19.0 Å². The van der Waals surface area contributed by atoms with Gasteiger partial charge in [0, 0.05) is 61.8 Å². The fraction of sp³-hybridized carbons (Fsp3) is 0.0625. The number of nitrogens with zero attached hydrogens (tertiary/aromatic N) is 4. The number of rotatable bonds is 4. The van der Waals surface area contributed by atoms with Crippen LogP contribution in [0.5, 0.6) is 0 Å². The Balaban J connectivity index is 0.00000302. The molecule has 4 nitrogen and oxygen atoms in total. The zero-order chi connectivity index (χ0) is 27.4. The molecule has 0 saturated carbocycles. The van der Waals surface area contributed by atoms with Crippen LogP contribution in [0.25, 0.3) is 44.3 Å². The van der Waals surface area contributed by atoms with Crippen LogP contribution in [0.1, 0.15) is 9.68 Å². The van der Waals surface area contributed by atoms with Gasteiger partial charge in [0.15, 0.2) is 17.4 Å². The van der Waals surface area contributed by atoms with Crippen molar-refractivity contribution in [2.24, 2.45) is 7.05 Å². The molecule has 0 N–H and O–H groups in total. The van der Waals surface area contributed by atoms with Gasteiger partial charge in [0.1, 0.15) is 5.82 Å². The number of pyridine rings is 1. The average Bonchev–Trinajstić information content (AvgIpc) is 3.47. The summed E-state index contributed by atoms with van der Waals surface area (Å²) in [6, 6.07) is 37.1. The van der Waals surface area contributed by atoms with Crippen LogP contribution in [0.2, 0.25) is 0 Å². The molecular weight excluding hydrogens is 668 g/mol. The molecule has 3 heterocycles. The number of benzene rings is 4. The van der Waals surface area contributed by atoms with Crippen molar-refractivity contribution < 1.29 is 25.2 Å². The minimum Gasteiger partial charge on any atom is -0.319 e. The minimum atomic E-state index is -2.22. The second kappa shape index (κ2) is 9.90. The zero-order valence-electron chi connectivity index (χ0n) is 23.3. The Kier molecular flexibility index (Phi) is 5.55. The monoisotopic (exact) mass is 693 g/mol. The Bertz CT molecular complexity index is 2060. The van der Waals surface area contributed by atoms with E-state index in [-0.39, 0.29) is 26.6 Å². The van der Waals surface area contributed by atoms with E-state index in [1.165, 1.54) is 0 Å². The third kappa shape index (κ3) is 4.16. The van der Waals surface area contributed by atoms with Crippen LogP contribution in [-0.4, -0.2) is 18.7 Å². The van der Waals surface area contributed by atoms with Gasteiger partial charge < -0.3 is 4.57 Å². The molecule has 0 saturated heterocycles. The van der Waals surface area contributed by atoms with Gasteiger partial charge in [0.25, 0.3) is 0 Å². The summed E-state index contributed by atoms with van der Waals surface area (Å²) in [5, 5.41) is 2.09. The quantitative estimate of drug-likeness (QED) is 0.176. The zero-order valence-corrected chi connectivity index (χ0v) is 23.4.